The number of hydrogen-bond acceptors (Lipinski definition) is 5. The van der Waals surface area contributed by atoms with Crippen LogP contribution in [0.2, 0.25) is 0 Å². The average molecular weight is 387 g/mol. The van der Waals surface area contributed by atoms with Gasteiger partial charge in [0.15, 0.2) is 12.4 Å². The number of rotatable bonds is 8. The van der Waals surface area contributed by atoms with E-state index in [-0.39, 0.29) is 4.90 Å². The first kappa shape index (κ1) is 20.4. The van der Waals surface area contributed by atoms with Gasteiger partial charge in [-0.3, -0.25) is 0 Å². The fourth-order valence-electron chi connectivity index (χ4n) is 2.45. The molecule has 8 nitrogen and oxygen atoms in total. The predicted octanol–water partition coefficient (Wildman–Crippen LogP) is 2.82. The van der Waals surface area contributed by atoms with Gasteiger partial charge >= 0.3 is 0 Å². The van der Waals surface area contributed by atoms with Crippen LogP contribution in [0.4, 0.5) is 5.69 Å². The number of aromatic nitrogens is 1. The monoisotopic (exact) mass is 387 g/mol. The van der Waals surface area contributed by atoms with Crippen LogP contribution in [-0.4, -0.2) is 33.6 Å². The summed E-state index contributed by atoms with van der Waals surface area (Å²) in [5, 5.41) is 3.43. The third-order valence-corrected chi connectivity index (χ3v) is 4.76. The molecule has 142 valence electrons. The Morgan fingerprint density at radius 3 is 2.52 bits per heavy atom. The van der Waals surface area contributed by atoms with E-state index in [9.17, 15) is 13.0 Å². The van der Waals surface area contributed by atoms with Crippen LogP contribution in [0.1, 0.15) is 17.5 Å². The van der Waals surface area contributed by atoms with Crippen molar-refractivity contribution in [3.8, 4) is 0 Å². The van der Waals surface area contributed by atoms with Gasteiger partial charge in [-0.15, -0.1) is 0 Å². The van der Waals surface area contributed by atoms with Gasteiger partial charge in [-0.05, 0) is 23.2 Å². The molecule has 1 heterocycles. The Bertz CT molecular complexity index is 963. The maximum Gasteiger partial charge on any atom is 0.187 e. The second kappa shape index (κ2) is 9.18. The summed E-state index contributed by atoms with van der Waals surface area (Å²) in [6, 6.07) is 9.32. The molecular weight excluding hydrogens is 366 g/mol. The van der Waals surface area contributed by atoms with Gasteiger partial charge in [-0.25, -0.2) is 13.0 Å². The van der Waals surface area contributed by atoms with Crippen LogP contribution in [0.5, 0.6) is 0 Å². The molecule has 9 heteroatoms. The Hall–Kier alpha value is -2.87. The molecule has 0 radical (unpaired) electrons. The fraction of sp³-hybridized carbons (Fsp3) is 0.278. The Morgan fingerprint density at radius 2 is 1.93 bits per heavy atom. The van der Waals surface area contributed by atoms with Gasteiger partial charge in [0.1, 0.15) is 21.6 Å². The molecule has 1 aromatic carbocycles. The molecule has 0 saturated heterocycles. The molecule has 0 spiro atoms. The standard InChI is InChI=1S/C18H21N5O3S/c1-22(2)17-8-5-15(6-9-17)4-7-16-10-13-23(12-3-11-20-21-19)14-18(16)27(24,25)26/h4-10,13-14H,3,11-12H2,1-2H3. The summed E-state index contributed by atoms with van der Waals surface area (Å²) >= 11 is 0. The van der Waals surface area contributed by atoms with Gasteiger partial charge in [-0.2, -0.15) is 0 Å². The smallest absolute Gasteiger partial charge is 0.187 e. The Balaban J connectivity index is 2.25. The summed E-state index contributed by atoms with van der Waals surface area (Å²) in [6.45, 7) is 0.741. The van der Waals surface area contributed by atoms with Crippen LogP contribution >= 0.6 is 0 Å². The third kappa shape index (κ3) is 6.10. The SMILES string of the molecule is CN(C)c1ccc(/C=C/c2cc[n+](CCCN=[N+]=[N-])cc2S(=O)(=O)[O-])cc1. The molecule has 0 aliphatic rings. The second-order valence-corrected chi connectivity index (χ2v) is 7.43. The van der Waals surface area contributed by atoms with E-state index in [1.54, 1.807) is 29.0 Å². The van der Waals surface area contributed by atoms with Crippen molar-refractivity contribution >= 4 is 28.0 Å². The van der Waals surface area contributed by atoms with E-state index in [1.807, 2.05) is 43.3 Å². The first-order valence-electron chi connectivity index (χ1n) is 8.26. The van der Waals surface area contributed by atoms with Crippen molar-refractivity contribution in [2.24, 2.45) is 5.11 Å². The number of aryl methyl sites for hydroxylation is 1. The van der Waals surface area contributed by atoms with Gasteiger partial charge in [-0.1, -0.05) is 29.4 Å². The zero-order chi connectivity index (χ0) is 19.9. The molecule has 0 fully saturated rings. The molecular formula is C18H21N5O3S. The van der Waals surface area contributed by atoms with E-state index in [0.29, 0.717) is 25.1 Å². The highest BCUT2D eigenvalue weighted by Crippen LogP contribution is 2.18. The van der Waals surface area contributed by atoms with Gasteiger partial charge in [0, 0.05) is 49.3 Å². The summed E-state index contributed by atoms with van der Waals surface area (Å²) in [5.74, 6) is 0. The highest BCUT2D eigenvalue weighted by molar-refractivity contribution is 7.85. The fourth-order valence-corrected chi connectivity index (χ4v) is 3.14. The van der Waals surface area contributed by atoms with Crippen molar-refractivity contribution in [1.82, 2.24) is 0 Å². The van der Waals surface area contributed by atoms with Gasteiger partial charge < -0.3 is 9.45 Å². The van der Waals surface area contributed by atoms with Crippen molar-refractivity contribution < 1.29 is 17.5 Å². The minimum atomic E-state index is -4.62. The molecule has 27 heavy (non-hydrogen) atoms. The Morgan fingerprint density at radius 1 is 1.22 bits per heavy atom. The lowest BCUT2D eigenvalue weighted by atomic mass is 10.1. The number of benzene rings is 1. The Kier molecular flexibility index (Phi) is 6.95. The lowest BCUT2D eigenvalue weighted by molar-refractivity contribution is -0.698. The highest BCUT2D eigenvalue weighted by Gasteiger charge is 2.13. The van der Waals surface area contributed by atoms with Gasteiger partial charge in [0.05, 0.1) is 0 Å². The number of anilines is 1. The summed E-state index contributed by atoms with van der Waals surface area (Å²) < 4.78 is 36.5. The van der Waals surface area contributed by atoms with Gasteiger partial charge in [0.25, 0.3) is 0 Å². The van der Waals surface area contributed by atoms with E-state index in [0.717, 1.165) is 11.3 Å². The molecule has 0 unspecified atom stereocenters. The number of hydrogen-bond donors (Lipinski definition) is 0. The summed E-state index contributed by atoms with van der Waals surface area (Å²) in [4.78, 5) is 4.36. The highest BCUT2D eigenvalue weighted by atomic mass is 32.2. The average Bonchev–Trinajstić information content (AvgIpc) is 2.63. The zero-order valence-corrected chi connectivity index (χ0v) is 16.0. The van der Waals surface area contributed by atoms with Crippen molar-refractivity contribution in [3.05, 3.63) is 64.3 Å². The first-order chi connectivity index (χ1) is 12.8. The van der Waals surface area contributed by atoms with Crippen LogP contribution < -0.4 is 9.47 Å². The maximum atomic E-state index is 11.6. The van der Waals surface area contributed by atoms with E-state index in [1.165, 1.54) is 6.20 Å². The second-order valence-electron chi connectivity index (χ2n) is 6.08. The minimum Gasteiger partial charge on any atom is -0.744 e. The molecule has 2 aromatic rings. The first-order valence-corrected chi connectivity index (χ1v) is 9.67. The molecule has 0 aliphatic carbocycles. The molecule has 0 bridgehead atoms. The summed E-state index contributed by atoms with van der Waals surface area (Å²) in [6.07, 6.45) is 6.92. The summed E-state index contributed by atoms with van der Waals surface area (Å²) in [7, 11) is -0.731. The van der Waals surface area contributed by atoms with Crippen LogP contribution in [-0.2, 0) is 16.7 Å². The van der Waals surface area contributed by atoms with Crippen molar-refractivity contribution in [2.45, 2.75) is 17.9 Å². The van der Waals surface area contributed by atoms with Crippen molar-refractivity contribution in [2.75, 3.05) is 25.5 Å². The van der Waals surface area contributed by atoms with E-state index < -0.39 is 10.1 Å². The molecule has 0 atom stereocenters. The summed E-state index contributed by atoms with van der Waals surface area (Å²) in [5.41, 5.74) is 10.5. The van der Waals surface area contributed by atoms with E-state index in [4.69, 9.17) is 5.53 Å². The van der Waals surface area contributed by atoms with Crippen LogP contribution in [0.3, 0.4) is 0 Å². The largest absolute Gasteiger partial charge is 0.744 e. The van der Waals surface area contributed by atoms with Crippen molar-refractivity contribution in [3.63, 3.8) is 0 Å². The lowest BCUT2D eigenvalue weighted by Crippen LogP contribution is -2.34. The molecule has 0 saturated carbocycles. The third-order valence-electron chi connectivity index (χ3n) is 3.89. The van der Waals surface area contributed by atoms with Crippen LogP contribution in [0, 0.1) is 0 Å². The van der Waals surface area contributed by atoms with Gasteiger partial charge in [0.2, 0.25) is 0 Å². The Labute approximate surface area is 158 Å². The molecule has 1 aromatic heterocycles. The zero-order valence-electron chi connectivity index (χ0n) is 15.2. The minimum absolute atomic E-state index is 0.282. The quantitative estimate of drug-likeness (QED) is 0.173. The van der Waals surface area contributed by atoms with Crippen LogP contribution in [0.15, 0.2) is 52.7 Å². The maximum absolute atomic E-state index is 11.6. The topological polar surface area (TPSA) is 113 Å². The lowest BCUT2D eigenvalue weighted by Gasteiger charge is -2.12. The molecule has 2 rings (SSSR count). The molecule has 0 amide bonds. The van der Waals surface area contributed by atoms with Crippen molar-refractivity contribution in [1.29, 1.82) is 0 Å². The van der Waals surface area contributed by atoms with Crippen LogP contribution in [0.25, 0.3) is 22.6 Å². The molecule has 0 N–H and O–H groups in total. The number of nitrogens with zero attached hydrogens (tertiary/aromatic N) is 5. The van der Waals surface area contributed by atoms with E-state index in [2.05, 4.69) is 10.0 Å². The predicted molar refractivity (Wildman–Crippen MR) is 103 cm³/mol. The normalized spacial score (nSPS) is 11.4. The molecule has 0 aliphatic heterocycles. The number of azide groups is 1. The number of pyridine rings is 1. The van der Waals surface area contributed by atoms with E-state index >= 15 is 0 Å².